The van der Waals surface area contributed by atoms with Gasteiger partial charge in [-0.25, -0.2) is 9.78 Å². The van der Waals surface area contributed by atoms with Crippen LogP contribution >= 0.6 is 11.3 Å². The maximum atomic E-state index is 12.5. The molecule has 1 fully saturated rings. The number of likely N-dealkylation sites (tertiary alicyclic amines) is 1. The van der Waals surface area contributed by atoms with E-state index in [1.54, 1.807) is 11.3 Å². The Morgan fingerprint density at radius 2 is 2.08 bits per heavy atom. The summed E-state index contributed by atoms with van der Waals surface area (Å²) in [5, 5.41) is 4.05. The zero-order valence-electron chi connectivity index (χ0n) is 13.5. The summed E-state index contributed by atoms with van der Waals surface area (Å²) in [6.45, 7) is 3.56. The average Bonchev–Trinajstić information content (AvgIpc) is 3.21. The predicted molar refractivity (Wildman–Crippen MR) is 98.7 cm³/mol. The minimum absolute atomic E-state index is 0.0280. The molecule has 1 N–H and O–H groups in total. The molecule has 0 aliphatic carbocycles. The lowest BCUT2D eigenvalue weighted by atomic mass is 9.99. The molecule has 4 nitrogen and oxygen atoms in total. The van der Waals surface area contributed by atoms with Gasteiger partial charge in [-0.2, -0.15) is 0 Å². The molecule has 4 rings (SSSR count). The van der Waals surface area contributed by atoms with Gasteiger partial charge in [0.15, 0.2) is 0 Å². The molecule has 2 amide bonds. The molecule has 2 heterocycles. The van der Waals surface area contributed by atoms with E-state index in [0.29, 0.717) is 5.92 Å². The van der Waals surface area contributed by atoms with Gasteiger partial charge in [-0.1, -0.05) is 30.3 Å². The van der Waals surface area contributed by atoms with E-state index in [2.05, 4.69) is 34.6 Å². The van der Waals surface area contributed by atoms with Crippen molar-refractivity contribution in [1.29, 1.82) is 0 Å². The number of amides is 2. The second-order valence-electron chi connectivity index (χ2n) is 6.19. The molecule has 1 aliphatic heterocycles. The van der Waals surface area contributed by atoms with E-state index in [1.807, 2.05) is 36.1 Å². The fraction of sp³-hybridized carbons (Fsp3) is 0.263. The third kappa shape index (κ3) is 2.99. The molecule has 1 atom stereocenters. The molecule has 5 heteroatoms. The molecule has 1 aliphatic rings. The predicted octanol–water partition coefficient (Wildman–Crippen LogP) is 4.63. The zero-order chi connectivity index (χ0) is 16.5. The van der Waals surface area contributed by atoms with Crippen LogP contribution in [0.1, 0.15) is 22.9 Å². The standard InChI is InChI=1S/C19H19N3OS/c1-13-20-17-11-16(7-8-18(17)24-13)21-19(23)22-10-9-15(12-22)14-5-3-2-4-6-14/h2-8,11,15H,9-10,12H2,1H3,(H,21,23)/t15-/m0/s1. The minimum Gasteiger partial charge on any atom is -0.324 e. The van der Waals surface area contributed by atoms with Crippen LogP contribution in [0, 0.1) is 6.92 Å². The summed E-state index contributed by atoms with van der Waals surface area (Å²) >= 11 is 1.67. The minimum atomic E-state index is -0.0280. The van der Waals surface area contributed by atoms with E-state index in [9.17, 15) is 4.79 Å². The molecule has 1 saturated heterocycles. The molecular formula is C19H19N3OS. The van der Waals surface area contributed by atoms with E-state index in [0.717, 1.165) is 40.4 Å². The first kappa shape index (κ1) is 15.1. The lowest BCUT2D eigenvalue weighted by molar-refractivity contribution is 0.222. The highest BCUT2D eigenvalue weighted by Gasteiger charge is 2.27. The quantitative estimate of drug-likeness (QED) is 0.741. The van der Waals surface area contributed by atoms with E-state index in [4.69, 9.17) is 0 Å². The second-order valence-corrected chi connectivity index (χ2v) is 7.42. The highest BCUT2D eigenvalue weighted by molar-refractivity contribution is 7.18. The molecule has 24 heavy (non-hydrogen) atoms. The van der Waals surface area contributed by atoms with Crippen molar-refractivity contribution in [1.82, 2.24) is 9.88 Å². The number of urea groups is 1. The van der Waals surface area contributed by atoms with Crippen molar-refractivity contribution < 1.29 is 4.79 Å². The summed E-state index contributed by atoms with van der Waals surface area (Å²) < 4.78 is 1.15. The van der Waals surface area contributed by atoms with Crippen molar-refractivity contribution in [2.45, 2.75) is 19.3 Å². The summed E-state index contributed by atoms with van der Waals surface area (Å²) in [7, 11) is 0. The smallest absolute Gasteiger partial charge is 0.321 e. The van der Waals surface area contributed by atoms with Crippen LogP contribution in [0.3, 0.4) is 0 Å². The zero-order valence-corrected chi connectivity index (χ0v) is 14.3. The van der Waals surface area contributed by atoms with Crippen molar-refractivity contribution in [3.05, 3.63) is 59.1 Å². The number of nitrogens with one attached hydrogen (secondary N) is 1. The van der Waals surface area contributed by atoms with Crippen LogP contribution in [0.15, 0.2) is 48.5 Å². The van der Waals surface area contributed by atoms with Crippen LogP contribution in [0.4, 0.5) is 10.5 Å². The molecule has 0 unspecified atom stereocenters. The number of benzene rings is 2. The molecule has 0 radical (unpaired) electrons. The highest BCUT2D eigenvalue weighted by Crippen LogP contribution is 2.28. The summed E-state index contributed by atoms with van der Waals surface area (Å²) in [5.41, 5.74) is 3.06. The normalized spacial score (nSPS) is 17.4. The first-order chi connectivity index (χ1) is 11.7. The SMILES string of the molecule is Cc1nc2cc(NC(=O)N3CC[C@H](c4ccccc4)C3)ccc2s1. The number of aryl methyl sites for hydroxylation is 1. The molecule has 1 aromatic heterocycles. The molecule has 0 saturated carbocycles. The van der Waals surface area contributed by atoms with Crippen LogP contribution in [-0.2, 0) is 0 Å². The molecule has 0 spiro atoms. The number of aromatic nitrogens is 1. The maximum absolute atomic E-state index is 12.5. The Morgan fingerprint density at radius 1 is 1.25 bits per heavy atom. The van der Waals surface area contributed by atoms with Crippen LogP contribution in [-0.4, -0.2) is 29.0 Å². The number of hydrogen-bond acceptors (Lipinski definition) is 3. The summed E-state index contributed by atoms with van der Waals surface area (Å²) in [6.07, 6.45) is 1.02. The van der Waals surface area contributed by atoms with Gasteiger partial charge in [-0.05, 0) is 37.1 Å². The molecule has 3 aromatic rings. The monoisotopic (exact) mass is 337 g/mol. The Bertz CT molecular complexity index is 875. The van der Waals surface area contributed by atoms with Crippen molar-refractivity contribution >= 4 is 33.3 Å². The van der Waals surface area contributed by atoms with Crippen LogP contribution in [0.2, 0.25) is 0 Å². The Labute approximate surface area is 145 Å². The molecule has 2 aromatic carbocycles. The number of anilines is 1. The molecule has 0 bridgehead atoms. The topological polar surface area (TPSA) is 45.2 Å². The summed E-state index contributed by atoms with van der Waals surface area (Å²) in [5.74, 6) is 0.431. The number of thiazole rings is 1. The number of nitrogens with zero attached hydrogens (tertiary/aromatic N) is 2. The van der Waals surface area contributed by atoms with Gasteiger partial charge in [0.05, 0.1) is 15.2 Å². The van der Waals surface area contributed by atoms with Crippen LogP contribution < -0.4 is 5.32 Å². The van der Waals surface area contributed by atoms with Gasteiger partial charge in [0, 0.05) is 24.7 Å². The Balaban J connectivity index is 1.44. The molecular weight excluding hydrogens is 318 g/mol. The van der Waals surface area contributed by atoms with Gasteiger partial charge >= 0.3 is 6.03 Å². The van der Waals surface area contributed by atoms with E-state index >= 15 is 0 Å². The average molecular weight is 337 g/mol. The number of fused-ring (bicyclic) bond motifs is 1. The Morgan fingerprint density at radius 3 is 2.92 bits per heavy atom. The Kier molecular flexibility index (Phi) is 3.94. The number of carbonyl (C=O) groups excluding carboxylic acids is 1. The third-order valence-corrected chi connectivity index (χ3v) is 5.44. The van der Waals surface area contributed by atoms with Crippen molar-refractivity contribution in [3.8, 4) is 0 Å². The highest BCUT2D eigenvalue weighted by atomic mass is 32.1. The van der Waals surface area contributed by atoms with E-state index < -0.39 is 0 Å². The number of hydrogen-bond donors (Lipinski definition) is 1. The maximum Gasteiger partial charge on any atom is 0.321 e. The van der Waals surface area contributed by atoms with Gasteiger partial charge in [0.1, 0.15) is 0 Å². The van der Waals surface area contributed by atoms with Gasteiger partial charge in [0.25, 0.3) is 0 Å². The first-order valence-corrected chi connectivity index (χ1v) is 8.99. The third-order valence-electron chi connectivity index (χ3n) is 4.49. The fourth-order valence-electron chi connectivity index (χ4n) is 3.26. The second kappa shape index (κ2) is 6.24. The summed E-state index contributed by atoms with van der Waals surface area (Å²) in [6, 6.07) is 16.3. The van der Waals surface area contributed by atoms with Crippen LogP contribution in [0.25, 0.3) is 10.2 Å². The molecule has 122 valence electrons. The van der Waals surface area contributed by atoms with E-state index in [-0.39, 0.29) is 6.03 Å². The number of rotatable bonds is 2. The van der Waals surface area contributed by atoms with Gasteiger partial charge in [-0.15, -0.1) is 11.3 Å². The largest absolute Gasteiger partial charge is 0.324 e. The van der Waals surface area contributed by atoms with Gasteiger partial charge in [0.2, 0.25) is 0 Å². The van der Waals surface area contributed by atoms with Gasteiger partial charge in [-0.3, -0.25) is 0 Å². The van der Waals surface area contributed by atoms with Crippen molar-refractivity contribution in [2.24, 2.45) is 0 Å². The van der Waals surface area contributed by atoms with E-state index in [1.165, 1.54) is 5.56 Å². The first-order valence-electron chi connectivity index (χ1n) is 8.17. The summed E-state index contributed by atoms with van der Waals surface area (Å²) in [4.78, 5) is 18.9. The number of carbonyl (C=O) groups is 1. The van der Waals surface area contributed by atoms with Gasteiger partial charge < -0.3 is 10.2 Å². The van der Waals surface area contributed by atoms with Crippen molar-refractivity contribution in [3.63, 3.8) is 0 Å². The fourth-order valence-corrected chi connectivity index (χ4v) is 4.07. The lowest BCUT2D eigenvalue weighted by Crippen LogP contribution is -2.32. The van der Waals surface area contributed by atoms with Crippen LogP contribution in [0.5, 0.6) is 0 Å². The van der Waals surface area contributed by atoms with Crippen molar-refractivity contribution in [2.75, 3.05) is 18.4 Å². The Hall–Kier alpha value is -2.40. The lowest BCUT2D eigenvalue weighted by Gasteiger charge is -2.17.